The predicted octanol–water partition coefficient (Wildman–Crippen LogP) is -1.69. The standard InChI is InChI=1S/C18H31N5O6S2/c1-31-8-6-11(21-15(25)10(19)4-5-14(20)24)16(26)22-12(9-30)17(27)23-7-2-3-13(23)18(28)29/h10-13,30H,2-9,19H2,1H3,(H2,20,24)(H,21,25)(H,22,26)(H,28,29). The lowest BCUT2D eigenvalue weighted by Crippen LogP contribution is -2.57. The Balaban J connectivity index is 2.81. The molecular weight excluding hydrogens is 446 g/mol. The van der Waals surface area contributed by atoms with E-state index in [1.54, 1.807) is 0 Å². The number of carboxylic acid groups (broad SMARTS) is 1. The number of likely N-dealkylation sites (tertiary alicyclic amines) is 1. The average molecular weight is 478 g/mol. The second-order valence-electron chi connectivity index (χ2n) is 7.23. The molecular formula is C18H31N5O6S2. The summed E-state index contributed by atoms with van der Waals surface area (Å²) >= 11 is 5.60. The van der Waals surface area contributed by atoms with Crippen molar-refractivity contribution in [3.63, 3.8) is 0 Å². The molecule has 1 rings (SSSR count). The zero-order valence-corrected chi connectivity index (χ0v) is 19.1. The molecule has 1 fully saturated rings. The number of nitrogens with zero attached hydrogens (tertiary/aromatic N) is 1. The highest BCUT2D eigenvalue weighted by Gasteiger charge is 2.38. The zero-order chi connectivity index (χ0) is 23.6. The molecule has 0 radical (unpaired) electrons. The molecule has 0 saturated carbocycles. The Morgan fingerprint density at radius 3 is 2.35 bits per heavy atom. The highest BCUT2D eigenvalue weighted by atomic mass is 32.2. The fourth-order valence-electron chi connectivity index (χ4n) is 3.16. The second-order valence-corrected chi connectivity index (χ2v) is 8.58. The number of thiol groups is 1. The van der Waals surface area contributed by atoms with E-state index in [0.29, 0.717) is 18.6 Å². The minimum atomic E-state index is -1.09. The van der Waals surface area contributed by atoms with Gasteiger partial charge in [0.1, 0.15) is 18.1 Å². The average Bonchev–Trinajstić information content (AvgIpc) is 3.22. The van der Waals surface area contributed by atoms with Crippen LogP contribution < -0.4 is 22.1 Å². The smallest absolute Gasteiger partial charge is 0.326 e. The summed E-state index contributed by atoms with van der Waals surface area (Å²) in [6.45, 7) is 0.289. The lowest BCUT2D eigenvalue weighted by Gasteiger charge is -2.28. The molecule has 1 heterocycles. The number of rotatable bonds is 13. The van der Waals surface area contributed by atoms with Crippen LogP contribution in [-0.4, -0.2) is 88.1 Å². The van der Waals surface area contributed by atoms with E-state index in [1.807, 2.05) is 6.26 Å². The first-order valence-electron chi connectivity index (χ1n) is 9.90. The quantitative estimate of drug-likeness (QED) is 0.170. The number of hydrogen-bond acceptors (Lipinski definition) is 8. The number of hydrogen-bond donors (Lipinski definition) is 6. The molecule has 0 aromatic rings. The van der Waals surface area contributed by atoms with Gasteiger partial charge in [0.25, 0.3) is 0 Å². The number of nitrogens with one attached hydrogen (secondary N) is 2. The van der Waals surface area contributed by atoms with Crippen LogP contribution in [0.3, 0.4) is 0 Å². The summed E-state index contributed by atoms with van der Waals surface area (Å²) in [7, 11) is 0. The number of carbonyl (C=O) groups is 5. The van der Waals surface area contributed by atoms with Crippen molar-refractivity contribution in [1.29, 1.82) is 0 Å². The first-order chi connectivity index (χ1) is 14.6. The molecule has 13 heteroatoms. The summed E-state index contributed by atoms with van der Waals surface area (Å²) in [5, 5.41) is 14.4. The Kier molecular flexibility index (Phi) is 11.7. The molecule has 4 amide bonds. The largest absolute Gasteiger partial charge is 0.480 e. The van der Waals surface area contributed by atoms with Gasteiger partial charge in [-0.2, -0.15) is 24.4 Å². The van der Waals surface area contributed by atoms with Gasteiger partial charge in [0, 0.05) is 18.7 Å². The lowest BCUT2D eigenvalue weighted by atomic mass is 10.1. The van der Waals surface area contributed by atoms with Crippen molar-refractivity contribution >= 4 is 54.0 Å². The van der Waals surface area contributed by atoms with Gasteiger partial charge in [-0.25, -0.2) is 4.79 Å². The Labute approximate surface area is 190 Å². The van der Waals surface area contributed by atoms with E-state index in [1.165, 1.54) is 16.7 Å². The van der Waals surface area contributed by atoms with E-state index in [4.69, 9.17) is 11.5 Å². The number of carbonyl (C=O) groups excluding carboxylic acids is 4. The van der Waals surface area contributed by atoms with E-state index in [9.17, 15) is 29.1 Å². The van der Waals surface area contributed by atoms with Crippen molar-refractivity contribution in [3.05, 3.63) is 0 Å². The number of carboxylic acids is 1. The van der Waals surface area contributed by atoms with E-state index < -0.39 is 53.8 Å². The Bertz CT molecular complexity index is 680. The van der Waals surface area contributed by atoms with E-state index in [2.05, 4.69) is 23.3 Å². The van der Waals surface area contributed by atoms with E-state index in [0.717, 1.165) is 0 Å². The molecule has 4 atom stereocenters. The van der Waals surface area contributed by atoms with Gasteiger partial charge in [0.15, 0.2) is 0 Å². The number of amides is 4. The van der Waals surface area contributed by atoms with Crippen LogP contribution in [0.4, 0.5) is 0 Å². The van der Waals surface area contributed by atoms with Gasteiger partial charge in [-0.15, -0.1) is 0 Å². The van der Waals surface area contributed by atoms with Crippen molar-refractivity contribution in [2.45, 2.75) is 56.3 Å². The SMILES string of the molecule is CSCCC(NC(=O)C(N)CCC(N)=O)C(=O)NC(CS)C(=O)N1CCCC1C(=O)O. The van der Waals surface area contributed by atoms with Gasteiger partial charge < -0.3 is 32.1 Å². The molecule has 7 N–H and O–H groups in total. The Morgan fingerprint density at radius 2 is 1.81 bits per heavy atom. The molecule has 0 aromatic carbocycles. The molecule has 1 saturated heterocycles. The molecule has 0 spiro atoms. The molecule has 1 aliphatic rings. The number of nitrogens with two attached hydrogens (primary N) is 2. The van der Waals surface area contributed by atoms with Gasteiger partial charge in [0.05, 0.1) is 6.04 Å². The molecule has 4 unspecified atom stereocenters. The maximum Gasteiger partial charge on any atom is 0.326 e. The Hall–Kier alpha value is -1.99. The van der Waals surface area contributed by atoms with Crippen LogP contribution in [0, 0.1) is 0 Å². The van der Waals surface area contributed by atoms with Crippen LogP contribution >= 0.6 is 24.4 Å². The summed E-state index contributed by atoms with van der Waals surface area (Å²) in [5.41, 5.74) is 10.8. The predicted molar refractivity (Wildman–Crippen MR) is 119 cm³/mol. The first kappa shape index (κ1) is 27.0. The van der Waals surface area contributed by atoms with Crippen LogP contribution in [0.5, 0.6) is 0 Å². The molecule has 0 aromatic heterocycles. The molecule has 11 nitrogen and oxygen atoms in total. The molecule has 31 heavy (non-hydrogen) atoms. The normalized spacial score (nSPS) is 18.7. The number of aliphatic carboxylic acids is 1. The maximum atomic E-state index is 12.8. The van der Waals surface area contributed by atoms with Crippen molar-refractivity contribution in [3.8, 4) is 0 Å². The van der Waals surface area contributed by atoms with Gasteiger partial charge in [-0.05, 0) is 37.7 Å². The molecule has 0 bridgehead atoms. The highest BCUT2D eigenvalue weighted by Crippen LogP contribution is 2.19. The van der Waals surface area contributed by atoms with Crippen LogP contribution in [0.15, 0.2) is 0 Å². The summed E-state index contributed by atoms with van der Waals surface area (Å²) in [6.07, 6.45) is 3.02. The minimum absolute atomic E-state index is 0.0330. The number of primary amides is 1. The van der Waals surface area contributed by atoms with Crippen molar-refractivity contribution in [2.75, 3.05) is 24.3 Å². The van der Waals surface area contributed by atoms with Gasteiger partial charge in [-0.1, -0.05) is 0 Å². The van der Waals surface area contributed by atoms with Crippen molar-refractivity contribution < 1.29 is 29.1 Å². The zero-order valence-electron chi connectivity index (χ0n) is 17.4. The summed E-state index contributed by atoms with van der Waals surface area (Å²) in [6, 6.07) is -3.93. The molecule has 176 valence electrons. The second kappa shape index (κ2) is 13.4. The first-order valence-corrected chi connectivity index (χ1v) is 11.9. The van der Waals surface area contributed by atoms with Gasteiger partial charge >= 0.3 is 5.97 Å². The third-order valence-corrected chi connectivity index (χ3v) is 5.91. The maximum absolute atomic E-state index is 12.8. The Morgan fingerprint density at radius 1 is 1.16 bits per heavy atom. The van der Waals surface area contributed by atoms with Gasteiger partial charge in [-0.3, -0.25) is 19.2 Å². The highest BCUT2D eigenvalue weighted by molar-refractivity contribution is 7.98. The van der Waals surface area contributed by atoms with Crippen LogP contribution in [0.2, 0.25) is 0 Å². The summed E-state index contributed by atoms with van der Waals surface area (Å²) in [4.78, 5) is 61.4. The van der Waals surface area contributed by atoms with Crippen LogP contribution in [0.25, 0.3) is 0 Å². The van der Waals surface area contributed by atoms with Crippen molar-refractivity contribution in [1.82, 2.24) is 15.5 Å². The van der Waals surface area contributed by atoms with E-state index >= 15 is 0 Å². The van der Waals surface area contributed by atoms with Crippen LogP contribution in [-0.2, 0) is 24.0 Å². The summed E-state index contributed by atoms with van der Waals surface area (Å²) < 4.78 is 0. The third kappa shape index (κ3) is 8.57. The van der Waals surface area contributed by atoms with Crippen LogP contribution in [0.1, 0.15) is 32.1 Å². The molecule has 1 aliphatic heterocycles. The minimum Gasteiger partial charge on any atom is -0.480 e. The summed E-state index contributed by atoms with van der Waals surface area (Å²) in [5.74, 6) is -2.89. The molecule has 0 aliphatic carbocycles. The fraction of sp³-hybridized carbons (Fsp3) is 0.722. The fourth-order valence-corrected chi connectivity index (χ4v) is 3.88. The van der Waals surface area contributed by atoms with Crippen molar-refractivity contribution in [2.24, 2.45) is 11.5 Å². The lowest BCUT2D eigenvalue weighted by molar-refractivity contribution is -0.149. The monoisotopic (exact) mass is 477 g/mol. The topological polar surface area (TPSA) is 185 Å². The van der Waals surface area contributed by atoms with E-state index in [-0.39, 0.29) is 31.6 Å². The number of thioether (sulfide) groups is 1. The van der Waals surface area contributed by atoms with Gasteiger partial charge in [0.2, 0.25) is 23.6 Å². The third-order valence-electron chi connectivity index (χ3n) is 4.90.